The van der Waals surface area contributed by atoms with Gasteiger partial charge < -0.3 is 0 Å². The SMILES string of the molecule is c1ccc(-c2ccc3ccc4ccc(-c5ccc(-c6c(-c7ccccn7)nc7c8ccccc8ccn67)cc5)nc4c3n2)cc1. The van der Waals surface area contributed by atoms with Gasteiger partial charge in [-0.25, -0.2) is 15.0 Å². The number of hydrogen-bond donors (Lipinski definition) is 0. The predicted octanol–water partition coefficient (Wildman–Crippen LogP) is 9.65. The smallest absolute Gasteiger partial charge is 0.145 e. The molecule has 5 heteroatoms. The molecule has 5 nitrogen and oxygen atoms in total. The Morgan fingerprint density at radius 2 is 1.04 bits per heavy atom. The van der Waals surface area contributed by atoms with E-state index in [2.05, 4.69) is 119 Å². The summed E-state index contributed by atoms with van der Waals surface area (Å²) in [5, 5.41) is 4.41. The minimum Gasteiger partial charge on any atom is -0.298 e. The first-order chi connectivity index (χ1) is 22.3. The molecular formula is C40H25N5. The van der Waals surface area contributed by atoms with Gasteiger partial charge in [-0.15, -0.1) is 0 Å². The van der Waals surface area contributed by atoms with Crippen LogP contribution in [0.1, 0.15) is 0 Å². The lowest BCUT2D eigenvalue weighted by Crippen LogP contribution is -1.92. The number of hydrogen-bond acceptors (Lipinski definition) is 4. The Bertz CT molecular complexity index is 2520. The first-order valence-electron chi connectivity index (χ1n) is 15.0. The summed E-state index contributed by atoms with van der Waals surface area (Å²) < 4.78 is 2.18. The van der Waals surface area contributed by atoms with Crippen LogP contribution in [0.5, 0.6) is 0 Å². The standard InChI is InChI=1S/C40H25N5/c1-2-9-27(10-3-1)33-21-19-29-15-16-30-20-22-34(43-37(30)36(29)42-33)28-13-17-31(18-14-28)39-38(35-12-6-7-24-41-35)44-40-32-11-5-4-8-26(32)23-25-45(39)40/h1-25H. The maximum Gasteiger partial charge on any atom is 0.145 e. The van der Waals surface area contributed by atoms with Crippen molar-refractivity contribution in [2.45, 2.75) is 0 Å². The van der Waals surface area contributed by atoms with Crippen LogP contribution in [0, 0.1) is 0 Å². The third-order valence-corrected chi connectivity index (χ3v) is 8.47. The van der Waals surface area contributed by atoms with Crippen LogP contribution in [-0.4, -0.2) is 24.3 Å². The molecule has 5 aromatic heterocycles. The molecule has 0 bridgehead atoms. The fourth-order valence-corrected chi connectivity index (χ4v) is 6.22. The second-order valence-corrected chi connectivity index (χ2v) is 11.2. The molecule has 0 saturated carbocycles. The van der Waals surface area contributed by atoms with Gasteiger partial charge in [-0.1, -0.05) is 109 Å². The summed E-state index contributed by atoms with van der Waals surface area (Å²) in [6.07, 6.45) is 3.92. The molecule has 45 heavy (non-hydrogen) atoms. The number of aromatic nitrogens is 5. The Balaban J connectivity index is 1.17. The molecule has 0 unspecified atom stereocenters. The van der Waals surface area contributed by atoms with Crippen LogP contribution < -0.4 is 0 Å². The van der Waals surface area contributed by atoms with Crippen molar-refractivity contribution >= 4 is 38.2 Å². The third-order valence-electron chi connectivity index (χ3n) is 8.47. The molecule has 9 rings (SSSR count). The lowest BCUT2D eigenvalue weighted by molar-refractivity contribution is 1.21. The molecule has 0 N–H and O–H groups in total. The number of pyridine rings is 4. The second-order valence-electron chi connectivity index (χ2n) is 11.2. The second kappa shape index (κ2) is 10.2. The van der Waals surface area contributed by atoms with E-state index in [4.69, 9.17) is 15.0 Å². The summed E-state index contributed by atoms with van der Waals surface area (Å²) >= 11 is 0. The highest BCUT2D eigenvalue weighted by molar-refractivity contribution is 6.04. The van der Waals surface area contributed by atoms with E-state index in [1.807, 2.05) is 42.6 Å². The number of rotatable bonds is 4. The molecule has 5 heterocycles. The third kappa shape index (κ3) is 4.25. The van der Waals surface area contributed by atoms with Crippen LogP contribution in [0.4, 0.5) is 0 Å². The Morgan fingerprint density at radius 3 is 1.76 bits per heavy atom. The van der Waals surface area contributed by atoms with Gasteiger partial charge in [-0.2, -0.15) is 0 Å². The molecule has 0 aliphatic rings. The predicted molar refractivity (Wildman–Crippen MR) is 183 cm³/mol. The van der Waals surface area contributed by atoms with Gasteiger partial charge in [0.05, 0.1) is 33.8 Å². The van der Waals surface area contributed by atoms with Crippen molar-refractivity contribution in [3.63, 3.8) is 0 Å². The van der Waals surface area contributed by atoms with Gasteiger partial charge in [0, 0.05) is 45.2 Å². The molecule has 0 amide bonds. The van der Waals surface area contributed by atoms with Crippen molar-refractivity contribution < 1.29 is 0 Å². The maximum atomic E-state index is 5.16. The van der Waals surface area contributed by atoms with Crippen molar-refractivity contribution in [2.24, 2.45) is 0 Å². The average molecular weight is 576 g/mol. The molecule has 0 aliphatic carbocycles. The maximum absolute atomic E-state index is 5.16. The topological polar surface area (TPSA) is 56.0 Å². The Labute approximate surface area is 259 Å². The molecule has 9 aromatic rings. The van der Waals surface area contributed by atoms with Crippen LogP contribution in [0.15, 0.2) is 152 Å². The summed E-state index contributed by atoms with van der Waals surface area (Å²) in [5.74, 6) is 0. The summed E-state index contributed by atoms with van der Waals surface area (Å²) in [6, 6.07) is 48.0. The highest BCUT2D eigenvalue weighted by Crippen LogP contribution is 2.36. The number of imidazole rings is 1. The molecule has 210 valence electrons. The quantitative estimate of drug-likeness (QED) is 0.196. The Morgan fingerprint density at radius 1 is 0.422 bits per heavy atom. The van der Waals surface area contributed by atoms with E-state index < -0.39 is 0 Å². The van der Waals surface area contributed by atoms with Gasteiger partial charge in [0.25, 0.3) is 0 Å². The van der Waals surface area contributed by atoms with E-state index in [1.54, 1.807) is 0 Å². The van der Waals surface area contributed by atoms with Crippen molar-refractivity contribution in [3.8, 4) is 45.2 Å². The van der Waals surface area contributed by atoms with Gasteiger partial charge in [0.1, 0.15) is 11.3 Å². The summed E-state index contributed by atoms with van der Waals surface area (Å²) in [7, 11) is 0. The van der Waals surface area contributed by atoms with Crippen molar-refractivity contribution in [1.82, 2.24) is 24.3 Å². The molecule has 0 radical (unpaired) electrons. The zero-order valence-corrected chi connectivity index (χ0v) is 24.2. The number of nitrogens with zero attached hydrogens (tertiary/aromatic N) is 5. The Kier molecular flexibility index (Phi) is 5.74. The van der Waals surface area contributed by atoms with Gasteiger partial charge in [-0.3, -0.25) is 9.38 Å². The van der Waals surface area contributed by atoms with E-state index in [0.717, 1.165) is 83.4 Å². The van der Waals surface area contributed by atoms with Crippen LogP contribution >= 0.6 is 0 Å². The molecule has 0 fully saturated rings. The van der Waals surface area contributed by atoms with Gasteiger partial charge in [-0.05, 0) is 35.7 Å². The van der Waals surface area contributed by atoms with E-state index in [1.165, 1.54) is 0 Å². The first-order valence-corrected chi connectivity index (χ1v) is 15.0. The lowest BCUT2D eigenvalue weighted by Gasteiger charge is -2.10. The first kappa shape index (κ1) is 25.3. The van der Waals surface area contributed by atoms with E-state index in [9.17, 15) is 0 Å². The monoisotopic (exact) mass is 575 g/mol. The molecule has 0 aliphatic heterocycles. The summed E-state index contributed by atoms with van der Waals surface area (Å²) in [4.78, 5) is 20.0. The van der Waals surface area contributed by atoms with Crippen LogP contribution in [0.2, 0.25) is 0 Å². The number of benzene rings is 4. The van der Waals surface area contributed by atoms with Crippen LogP contribution in [0.3, 0.4) is 0 Å². The summed E-state index contributed by atoms with van der Waals surface area (Å²) in [5.41, 5.74) is 10.5. The minimum absolute atomic E-state index is 0.842. The lowest BCUT2D eigenvalue weighted by atomic mass is 10.0. The largest absolute Gasteiger partial charge is 0.298 e. The zero-order chi connectivity index (χ0) is 29.7. The summed E-state index contributed by atoms with van der Waals surface area (Å²) in [6.45, 7) is 0. The fourth-order valence-electron chi connectivity index (χ4n) is 6.22. The average Bonchev–Trinajstić information content (AvgIpc) is 3.52. The molecule has 0 spiro atoms. The van der Waals surface area contributed by atoms with E-state index in [-0.39, 0.29) is 0 Å². The van der Waals surface area contributed by atoms with Crippen molar-refractivity contribution in [1.29, 1.82) is 0 Å². The van der Waals surface area contributed by atoms with E-state index in [0.29, 0.717) is 0 Å². The Hall–Kier alpha value is -6.20. The highest BCUT2D eigenvalue weighted by atomic mass is 15.0. The van der Waals surface area contributed by atoms with E-state index >= 15 is 0 Å². The van der Waals surface area contributed by atoms with Crippen LogP contribution in [-0.2, 0) is 0 Å². The molecular weight excluding hydrogens is 550 g/mol. The van der Waals surface area contributed by atoms with Gasteiger partial charge >= 0.3 is 0 Å². The molecule has 0 saturated heterocycles. The molecule has 4 aromatic carbocycles. The zero-order valence-electron chi connectivity index (χ0n) is 24.2. The molecule has 0 atom stereocenters. The highest BCUT2D eigenvalue weighted by Gasteiger charge is 2.19. The number of fused-ring (bicyclic) bond motifs is 6. The minimum atomic E-state index is 0.842. The van der Waals surface area contributed by atoms with Crippen molar-refractivity contribution in [3.05, 3.63) is 152 Å². The normalized spacial score (nSPS) is 11.6. The van der Waals surface area contributed by atoms with Crippen molar-refractivity contribution in [2.75, 3.05) is 0 Å². The van der Waals surface area contributed by atoms with Gasteiger partial charge in [0.2, 0.25) is 0 Å². The fraction of sp³-hybridized carbons (Fsp3) is 0. The van der Waals surface area contributed by atoms with Crippen LogP contribution in [0.25, 0.3) is 83.4 Å². The van der Waals surface area contributed by atoms with Gasteiger partial charge in [0.15, 0.2) is 0 Å².